The van der Waals surface area contributed by atoms with Gasteiger partial charge in [0.05, 0.1) is 12.5 Å². The number of hydrogen-bond donors (Lipinski definition) is 1. The topological polar surface area (TPSA) is 116 Å². The number of esters is 2. The molecule has 0 aromatic carbocycles. The first kappa shape index (κ1) is 24.5. The van der Waals surface area contributed by atoms with Gasteiger partial charge in [-0.3, -0.25) is 9.35 Å². The molecule has 1 rings (SSSR count). The van der Waals surface area contributed by atoms with Crippen LogP contribution in [0.3, 0.4) is 0 Å². The summed E-state index contributed by atoms with van der Waals surface area (Å²) in [5, 5.41) is -5.22. The zero-order valence-electron chi connectivity index (χ0n) is 14.6. The Hall–Kier alpha value is -1.54. The van der Waals surface area contributed by atoms with Crippen molar-refractivity contribution in [1.29, 1.82) is 0 Å². The molecule has 164 valence electrons. The number of rotatable bonds is 8. The van der Waals surface area contributed by atoms with Crippen molar-refractivity contribution in [2.75, 3.05) is 13.2 Å². The molecule has 0 aromatic heterocycles. The van der Waals surface area contributed by atoms with Gasteiger partial charge in [-0.05, 0) is 19.8 Å². The fourth-order valence-electron chi connectivity index (χ4n) is 2.43. The van der Waals surface area contributed by atoms with Crippen LogP contribution in [0.2, 0.25) is 0 Å². The molecule has 0 aliphatic heterocycles. The second kappa shape index (κ2) is 8.86. The predicted octanol–water partition coefficient (Wildman–Crippen LogP) is 2.43. The Morgan fingerprint density at radius 2 is 1.61 bits per heavy atom. The van der Waals surface area contributed by atoms with Gasteiger partial charge in [0.25, 0.3) is 0 Å². The Labute approximate surface area is 157 Å². The molecule has 8 nitrogen and oxygen atoms in total. The van der Waals surface area contributed by atoms with Gasteiger partial charge in [-0.1, -0.05) is 19.3 Å². The van der Waals surface area contributed by atoms with Crippen LogP contribution < -0.4 is 0 Å². The number of halogens is 5. The van der Waals surface area contributed by atoms with E-state index in [1.807, 2.05) is 0 Å². The maximum absolute atomic E-state index is 13.6. The second-order valence-corrected chi connectivity index (χ2v) is 7.54. The molecular formula is C14H19F5O8S. The van der Waals surface area contributed by atoms with Gasteiger partial charge >= 0.3 is 39.3 Å². The molecule has 1 N–H and O–H groups in total. The van der Waals surface area contributed by atoms with E-state index in [2.05, 4.69) is 14.2 Å². The van der Waals surface area contributed by atoms with Gasteiger partial charge in [-0.15, -0.1) is 0 Å². The average Bonchev–Trinajstić information content (AvgIpc) is 2.57. The minimum atomic E-state index is -6.18. The van der Waals surface area contributed by atoms with Crippen molar-refractivity contribution in [1.82, 2.24) is 0 Å². The van der Waals surface area contributed by atoms with Gasteiger partial charge in [-0.2, -0.15) is 30.4 Å². The number of carbonyl (C=O) groups excluding carboxylic acids is 2. The molecule has 0 amide bonds. The van der Waals surface area contributed by atoms with Crippen molar-refractivity contribution >= 4 is 22.1 Å². The average molecular weight is 442 g/mol. The minimum absolute atomic E-state index is 0.150. The van der Waals surface area contributed by atoms with E-state index in [4.69, 9.17) is 4.55 Å². The molecule has 1 atom stereocenters. The summed E-state index contributed by atoms with van der Waals surface area (Å²) in [5.41, 5.74) is 0. The van der Waals surface area contributed by atoms with E-state index < -0.39 is 58.4 Å². The summed E-state index contributed by atoms with van der Waals surface area (Å²) in [4.78, 5) is 24.0. The molecule has 1 unspecified atom stereocenters. The third-order valence-electron chi connectivity index (χ3n) is 3.92. The van der Waals surface area contributed by atoms with Gasteiger partial charge in [0.1, 0.15) is 6.61 Å². The van der Waals surface area contributed by atoms with E-state index in [0.717, 1.165) is 13.3 Å². The summed E-state index contributed by atoms with van der Waals surface area (Å²) in [7, 11) is -6.18. The zero-order valence-corrected chi connectivity index (χ0v) is 15.4. The molecule has 0 radical (unpaired) electrons. The molecule has 0 bridgehead atoms. The maximum Gasteiger partial charge on any atom is 0.468 e. The maximum atomic E-state index is 13.6. The van der Waals surface area contributed by atoms with Crippen molar-refractivity contribution in [3.63, 3.8) is 0 Å². The monoisotopic (exact) mass is 442 g/mol. The van der Waals surface area contributed by atoms with Crippen LogP contribution in [0.15, 0.2) is 0 Å². The van der Waals surface area contributed by atoms with Crippen LogP contribution in [0.25, 0.3) is 0 Å². The smallest absolute Gasteiger partial charge is 0.461 e. The summed E-state index contributed by atoms with van der Waals surface area (Å²) >= 11 is 0. The van der Waals surface area contributed by atoms with E-state index in [1.165, 1.54) is 0 Å². The Bertz CT molecular complexity index is 672. The van der Waals surface area contributed by atoms with Gasteiger partial charge in [-0.25, -0.2) is 4.79 Å². The molecule has 0 saturated heterocycles. The third-order valence-corrected chi connectivity index (χ3v) is 4.79. The highest BCUT2D eigenvalue weighted by atomic mass is 32.2. The summed E-state index contributed by atoms with van der Waals surface area (Å²) in [6.07, 6.45) is -3.87. The molecule has 0 aromatic rings. The lowest BCUT2D eigenvalue weighted by Gasteiger charge is -2.34. The Morgan fingerprint density at radius 1 is 1.07 bits per heavy atom. The minimum Gasteiger partial charge on any atom is -0.461 e. The Balaban J connectivity index is 3.26. The fourth-order valence-corrected chi connectivity index (χ4v) is 2.64. The summed E-state index contributed by atoms with van der Waals surface area (Å²) in [5.74, 6) is -9.54. The van der Waals surface area contributed by atoms with Gasteiger partial charge in [0, 0.05) is 0 Å². The van der Waals surface area contributed by atoms with Gasteiger partial charge in [0.15, 0.2) is 0 Å². The summed E-state index contributed by atoms with van der Waals surface area (Å²) in [6, 6.07) is 0. The number of hydrogen-bond acceptors (Lipinski definition) is 7. The first-order valence-electron chi connectivity index (χ1n) is 8.13. The largest absolute Gasteiger partial charge is 0.468 e. The number of carbonyl (C=O) groups is 2. The lowest BCUT2D eigenvalue weighted by molar-refractivity contribution is -0.362. The van der Waals surface area contributed by atoms with E-state index in [9.17, 15) is 40.0 Å². The normalized spacial score (nSPS) is 19.0. The van der Waals surface area contributed by atoms with Crippen LogP contribution in [-0.4, -0.2) is 55.3 Å². The quantitative estimate of drug-likeness (QED) is 0.264. The Kier molecular flexibility index (Phi) is 7.75. The fraction of sp³-hybridized carbons (Fsp3) is 0.857. The standard InChI is InChI=1S/C14H19F5O8S/c1-2-25-11(21)13(14(17,18)19,26-8-12(15,16)28(22,23)24)27-10(20)9-6-4-3-5-7-9/h9H,2-8H2,1H3,(H,22,23,24). The molecule has 28 heavy (non-hydrogen) atoms. The Morgan fingerprint density at radius 3 is 2.04 bits per heavy atom. The molecular weight excluding hydrogens is 423 g/mol. The highest BCUT2D eigenvalue weighted by Gasteiger charge is 2.69. The van der Waals surface area contributed by atoms with Crippen LogP contribution in [-0.2, 0) is 33.9 Å². The van der Waals surface area contributed by atoms with Crippen molar-refractivity contribution in [3.05, 3.63) is 0 Å². The molecule has 1 aliphatic rings. The molecule has 0 spiro atoms. The van der Waals surface area contributed by atoms with Crippen LogP contribution >= 0.6 is 0 Å². The summed E-state index contributed by atoms with van der Waals surface area (Å²) < 4.78 is 109. The SMILES string of the molecule is CCOC(=O)C(OCC(F)(F)S(=O)(=O)O)(OC(=O)C1CCCCC1)C(F)(F)F. The summed E-state index contributed by atoms with van der Waals surface area (Å²) in [6.45, 7) is -2.19. The number of alkyl halides is 5. The zero-order chi connectivity index (χ0) is 21.8. The first-order chi connectivity index (χ1) is 12.7. The molecule has 1 saturated carbocycles. The highest BCUT2D eigenvalue weighted by molar-refractivity contribution is 7.86. The van der Waals surface area contributed by atoms with E-state index >= 15 is 0 Å². The van der Waals surface area contributed by atoms with Crippen LogP contribution in [0, 0.1) is 5.92 Å². The molecule has 1 aliphatic carbocycles. The third kappa shape index (κ3) is 5.50. The van der Waals surface area contributed by atoms with Crippen molar-refractivity contribution in [2.24, 2.45) is 5.92 Å². The van der Waals surface area contributed by atoms with E-state index in [-0.39, 0.29) is 12.8 Å². The van der Waals surface area contributed by atoms with Crippen molar-refractivity contribution in [2.45, 2.75) is 56.2 Å². The van der Waals surface area contributed by atoms with Crippen LogP contribution in [0.1, 0.15) is 39.0 Å². The van der Waals surface area contributed by atoms with Crippen molar-refractivity contribution < 1.29 is 58.7 Å². The highest BCUT2D eigenvalue weighted by Crippen LogP contribution is 2.39. The lowest BCUT2D eigenvalue weighted by Crippen LogP contribution is -2.60. The number of ether oxygens (including phenoxy) is 3. The van der Waals surface area contributed by atoms with Crippen molar-refractivity contribution in [3.8, 4) is 0 Å². The van der Waals surface area contributed by atoms with E-state index in [1.54, 1.807) is 0 Å². The molecule has 1 fully saturated rings. The van der Waals surface area contributed by atoms with Crippen LogP contribution in [0.5, 0.6) is 0 Å². The molecule has 14 heteroatoms. The van der Waals surface area contributed by atoms with E-state index in [0.29, 0.717) is 12.8 Å². The second-order valence-electron chi connectivity index (χ2n) is 5.99. The van der Waals surface area contributed by atoms with Gasteiger partial charge in [0.2, 0.25) is 0 Å². The predicted molar refractivity (Wildman–Crippen MR) is 80.5 cm³/mol. The lowest BCUT2D eigenvalue weighted by atomic mass is 9.89. The van der Waals surface area contributed by atoms with Gasteiger partial charge < -0.3 is 14.2 Å². The molecule has 0 heterocycles. The first-order valence-corrected chi connectivity index (χ1v) is 9.57. The van der Waals surface area contributed by atoms with Crippen LogP contribution in [0.4, 0.5) is 22.0 Å².